The molecular formula is C32H34N4O4. The van der Waals surface area contributed by atoms with Gasteiger partial charge in [-0.15, -0.1) is 0 Å². The number of hydrogen-bond donors (Lipinski definition) is 1. The van der Waals surface area contributed by atoms with Crippen molar-refractivity contribution in [3.8, 4) is 11.8 Å². The van der Waals surface area contributed by atoms with E-state index < -0.39 is 11.7 Å². The van der Waals surface area contributed by atoms with Crippen LogP contribution in [0.1, 0.15) is 57.5 Å². The summed E-state index contributed by atoms with van der Waals surface area (Å²) in [6.45, 7) is 7.38. The molecule has 0 fully saturated rings. The van der Waals surface area contributed by atoms with Gasteiger partial charge in [0, 0.05) is 30.6 Å². The molecule has 8 heteroatoms. The molecule has 0 radical (unpaired) electrons. The fraction of sp³-hybridized carbons (Fsp3) is 0.312. The highest BCUT2D eigenvalue weighted by atomic mass is 16.6. The maximum atomic E-state index is 13.4. The fourth-order valence-electron chi connectivity index (χ4n) is 4.36. The van der Waals surface area contributed by atoms with E-state index in [0.29, 0.717) is 29.8 Å². The van der Waals surface area contributed by atoms with E-state index in [-0.39, 0.29) is 18.4 Å². The van der Waals surface area contributed by atoms with Crippen molar-refractivity contribution >= 4 is 28.8 Å². The number of carbonyl (C=O) groups is 2. The number of hydrogen-bond acceptors (Lipinski definition) is 6. The molecule has 0 bridgehead atoms. The van der Waals surface area contributed by atoms with Crippen LogP contribution in [0, 0.1) is 11.3 Å². The predicted molar refractivity (Wildman–Crippen MR) is 154 cm³/mol. The number of nitrogens with zero attached hydrogens (tertiary/aromatic N) is 3. The number of amides is 1. The van der Waals surface area contributed by atoms with Crippen molar-refractivity contribution in [3.63, 3.8) is 0 Å². The van der Waals surface area contributed by atoms with Crippen LogP contribution in [0.3, 0.4) is 0 Å². The number of anilines is 1. The van der Waals surface area contributed by atoms with Crippen LogP contribution in [0.4, 0.5) is 10.5 Å². The average Bonchev–Trinajstić information content (AvgIpc) is 3.33. The largest absolute Gasteiger partial charge is 0.460 e. The Hall–Kier alpha value is -4.64. The van der Waals surface area contributed by atoms with E-state index in [1.165, 1.54) is 0 Å². The second kappa shape index (κ2) is 12.5. The summed E-state index contributed by atoms with van der Waals surface area (Å²) in [6, 6.07) is 23.9. The van der Waals surface area contributed by atoms with Crippen molar-refractivity contribution in [1.82, 2.24) is 9.97 Å². The molecule has 1 N–H and O–H groups in total. The third-order valence-electron chi connectivity index (χ3n) is 6.30. The van der Waals surface area contributed by atoms with E-state index in [1.807, 2.05) is 88.4 Å². The third kappa shape index (κ3) is 7.70. The first kappa shape index (κ1) is 28.4. The molecule has 4 aromatic rings. The molecule has 1 heterocycles. The zero-order chi connectivity index (χ0) is 28.7. The highest BCUT2D eigenvalue weighted by Crippen LogP contribution is 2.25. The molecule has 4 rings (SSSR count). The summed E-state index contributed by atoms with van der Waals surface area (Å²) in [4.78, 5) is 35.2. The van der Waals surface area contributed by atoms with E-state index in [4.69, 9.17) is 14.7 Å². The van der Waals surface area contributed by atoms with Crippen LogP contribution in [0.25, 0.3) is 11.0 Å². The summed E-state index contributed by atoms with van der Waals surface area (Å²) in [5.74, 6) is 0.907. The minimum atomic E-state index is -0.562. The minimum absolute atomic E-state index is 0.181. The summed E-state index contributed by atoms with van der Waals surface area (Å²) in [7, 11) is 0. The van der Waals surface area contributed by atoms with Gasteiger partial charge < -0.3 is 14.5 Å². The summed E-state index contributed by atoms with van der Waals surface area (Å²) in [6.07, 6.45) is 1.54. The molecule has 1 amide bonds. The third-order valence-corrected chi connectivity index (χ3v) is 6.30. The lowest BCUT2D eigenvalue weighted by Gasteiger charge is -2.29. The minimum Gasteiger partial charge on any atom is -0.460 e. The van der Waals surface area contributed by atoms with Crippen LogP contribution in [0.5, 0.6) is 5.75 Å². The lowest BCUT2D eigenvalue weighted by Crippen LogP contribution is -2.41. The highest BCUT2D eigenvalue weighted by molar-refractivity contribution is 5.90. The van der Waals surface area contributed by atoms with Gasteiger partial charge in [0.05, 0.1) is 22.7 Å². The van der Waals surface area contributed by atoms with Gasteiger partial charge in [-0.25, -0.2) is 9.78 Å². The lowest BCUT2D eigenvalue weighted by atomic mass is 10.1. The number of para-hydroxylation sites is 1. The summed E-state index contributed by atoms with van der Waals surface area (Å²) in [5, 5.41) is 8.97. The maximum Gasteiger partial charge on any atom is 0.420 e. The molecule has 1 unspecified atom stereocenters. The van der Waals surface area contributed by atoms with Crippen LogP contribution in [-0.2, 0) is 22.4 Å². The molecule has 0 aliphatic heterocycles. The highest BCUT2D eigenvalue weighted by Gasteiger charge is 2.26. The lowest BCUT2D eigenvalue weighted by molar-refractivity contribution is -0.155. The van der Waals surface area contributed by atoms with E-state index in [9.17, 15) is 9.59 Å². The quantitative estimate of drug-likeness (QED) is 0.237. The monoisotopic (exact) mass is 538 g/mol. The van der Waals surface area contributed by atoms with Crippen LogP contribution in [-0.4, -0.2) is 33.7 Å². The normalized spacial score (nSPS) is 12.0. The second-order valence-electron chi connectivity index (χ2n) is 10.7. The van der Waals surface area contributed by atoms with Crippen molar-refractivity contribution in [1.29, 1.82) is 5.26 Å². The van der Waals surface area contributed by atoms with Crippen LogP contribution >= 0.6 is 0 Å². The Labute approximate surface area is 234 Å². The van der Waals surface area contributed by atoms with Gasteiger partial charge in [0.2, 0.25) is 0 Å². The van der Waals surface area contributed by atoms with Gasteiger partial charge in [-0.2, -0.15) is 5.26 Å². The molecule has 0 spiro atoms. The number of nitrogens with one attached hydrogen (secondary N) is 1. The molecule has 3 aromatic carbocycles. The molecule has 0 saturated heterocycles. The molecule has 1 aromatic heterocycles. The van der Waals surface area contributed by atoms with Crippen molar-refractivity contribution < 1.29 is 19.1 Å². The number of esters is 1. The zero-order valence-corrected chi connectivity index (χ0v) is 23.3. The Morgan fingerprint density at radius 2 is 1.75 bits per heavy atom. The van der Waals surface area contributed by atoms with Gasteiger partial charge in [0.1, 0.15) is 17.2 Å². The van der Waals surface area contributed by atoms with E-state index in [1.54, 1.807) is 17.0 Å². The number of fused-ring (bicyclic) bond motifs is 1. The van der Waals surface area contributed by atoms with Gasteiger partial charge in [-0.05, 0) is 82.5 Å². The first-order valence-electron chi connectivity index (χ1n) is 13.4. The van der Waals surface area contributed by atoms with Crippen molar-refractivity contribution in [2.24, 2.45) is 0 Å². The van der Waals surface area contributed by atoms with Crippen LogP contribution < -0.4 is 9.64 Å². The predicted octanol–water partition coefficient (Wildman–Crippen LogP) is 6.74. The van der Waals surface area contributed by atoms with Crippen molar-refractivity contribution in [3.05, 3.63) is 89.7 Å². The Morgan fingerprint density at radius 1 is 1.02 bits per heavy atom. The Bertz CT molecular complexity index is 1500. The van der Waals surface area contributed by atoms with Crippen LogP contribution in [0.2, 0.25) is 0 Å². The number of benzene rings is 3. The number of ether oxygens (including phenoxy) is 2. The fourth-order valence-corrected chi connectivity index (χ4v) is 4.36. The van der Waals surface area contributed by atoms with E-state index in [0.717, 1.165) is 28.8 Å². The number of rotatable bonds is 9. The average molecular weight is 539 g/mol. The molecular weight excluding hydrogens is 504 g/mol. The Kier molecular flexibility index (Phi) is 8.85. The number of H-pyrrole nitrogens is 1. The number of aromatic nitrogens is 2. The number of imidazole rings is 1. The SMILES string of the molecule is CC(CCC(=O)OC(C)(C)C)N(C(=O)Oc1ccc2nc(CCc3ccc(C#N)cc3)[nH]c2c1)c1ccccc1. The van der Waals surface area contributed by atoms with Gasteiger partial charge >= 0.3 is 12.1 Å². The smallest absolute Gasteiger partial charge is 0.420 e. The first-order valence-corrected chi connectivity index (χ1v) is 13.4. The molecule has 0 aliphatic carbocycles. The zero-order valence-electron chi connectivity index (χ0n) is 23.3. The second-order valence-corrected chi connectivity index (χ2v) is 10.7. The topological polar surface area (TPSA) is 108 Å². The van der Waals surface area contributed by atoms with Crippen molar-refractivity contribution in [2.45, 2.75) is 65.0 Å². The van der Waals surface area contributed by atoms with Gasteiger partial charge in [0.25, 0.3) is 0 Å². The standard InChI is InChI=1S/C32H34N4O4/c1-22(10-19-30(37)40-32(2,3)4)36(25-8-6-5-7-9-25)31(38)39-26-16-17-27-28(20-26)35-29(34-27)18-15-23-11-13-24(21-33)14-12-23/h5-9,11-14,16-17,20,22H,10,15,18-19H2,1-4H3,(H,34,35). The van der Waals surface area contributed by atoms with Gasteiger partial charge in [0.15, 0.2) is 0 Å². The molecule has 0 saturated carbocycles. The Balaban J connectivity index is 1.44. The van der Waals surface area contributed by atoms with Crippen molar-refractivity contribution in [2.75, 3.05) is 4.90 Å². The number of nitriles is 1. The molecule has 0 aliphatic rings. The molecule has 1 atom stereocenters. The number of aryl methyl sites for hydroxylation is 2. The van der Waals surface area contributed by atoms with Gasteiger partial charge in [-0.1, -0.05) is 30.3 Å². The van der Waals surface area contributed by atoms with Gasteiger partial charge in [-0.3, -0.25) is 9.69 Å². The number of carbonyl (C=O) groups excluding carboxylic acids is 2. The van der Waals surface area contributed by atoms with E-state index in [2.05, 4.69) is 16.0 Å². The summed E-state index contributed by atoms with van der Waals surface area (Å²) in [5.41, 5.74) is 3.42. The maximum absolute atomic E-state index is 13.4. The van der Waals surface area contributed by atoms with E-state index >= 15 is 0 Å². The first-order chi connectivity index (χ1) is 19.1. The molecule has 8 nitrogen and oxygen atoms in total. The molecule has 40 heavy (non-hydrogen) atoms. The Morgan fingerprint density at radius 3 is 2.42 bits per heavy atom. The molecule has 206 valence electrons. The van der Waals surface area contributed by atoms with Crippen LogP contribution in [0.15, 0.2) is 72.8 Å². The summed E-state index contributed by atoms with van der Waals surface area (Å²) < 4.78 is 11.2. The summed E-state index contributed by atoms with van der Waals surface area (Å²) >= 11 is 0. The number of aromatic amines is 1.